The molecule has 0 radical (unpaired) electrons. The number of rotatable bonds is 10. The number of nitrogens with one attached hydrogen (secondary N) is 1. The molecule has 0 spiro atoms. The fourth-order valence-electron chi connectivity index (χ4n) is 3.18. The Hall–Kier alpha value is -2.17. The molecular weight excluding hydrogens is 324 g/mol. The van der Waals surface area contributed by atoms with Crippen LogP contribution in [-0.2, 0) is 24.1 Å². The maximum atomic E-state index is 12.2. The van der Waals surface area contributed by atoms with Crippen LogP contribution in [0.3, 0.4) is 0 Å². The van der Waals surface area contributed by atoms with Gasteiger partial charge >= 0.3 is 0 Å². The van der Waals surface area contributed by atoms with Crippen LogP contribution in [-0.4, -0.2) is 27.2 Å². The molecule has 1 N–H and O–H groups in total. The van der Waals surface area contributed by atoms with Crippen molar-refractivity contribution in [2.24, 2.45) is 5.92 Å². The number of carbonyl (C=O) groups excluding carboxylic acids is 1. The molecule has 1 aliphatic carbocycles. The largest absolute Gasteiger partial charge is 0.356 e. The summed E-state index contributed by atoms with van der Waals surface area (Å²) in [5.41, 5.74) is 1.25. The van der Waals surface area contributed by atoms with Crippen LogP contribution in [0.25, 0.3) is 0 Å². The fourth-order valence-corrected chi connectivity index (χ4v) is 3.18. The second-order valence-corrected chi connectivity index (χ2v) is 7.65. The van der Waals surface area contributed by atoms with Gasteiger partial charge in [0.15, 0.2) is 0 Å². The van der Waals surface area contributed by atoms with E-state index in [2.05, 4.69) is 46.1 Å². The predicted octanol–water partition coefficient (Wildman–Crippen LogP) is 3.49. The van der Waals surface area contributed by atoms with Gasteiger partial charge in [0.1, 0.15) is 11.6 Å². The van der Waals surface area contributed by atoms with E-state index in [1.54, 1.807) is 0 Å². The molecule has 0 bridgehead atoms. The van der Waals surface area contributed by atoms with E-state index in [0.717, 1.165) is 30.9 Å². The molecule has 0 saturated heterocycles. The van der Waals surface area contributed by atoms with Crippen molar-refractivity contribution < 1.29 is 4.79 Å². The van der Waals surface area contributed by atoms with E-state index in [4.69, 9.17) is 0 Å². The number of carbonyl (C=O) groups is 1. The first kappa shape index (κ1) is 18.6. The highest BCUT2D eigenvalue weighted by Crippen LogP contribution is 2.37. The second-order valence-electron chi connectivity index (χ2n) is 7.65. The molecule has 140 valence electrons. The lowest BCUT2D eigenvalue weighted by Crippen LogP contribution is -2.26. The summed E-state index contributed by atoms with van der Waals surface area (Å²) in [4.78, 5) is 12.2. The minimum Gasteiger partial charge on any atom is -0.356 e. The summed E-state index contributed by atoms with van der Waals surface area (Å²) in [6, 6.07) is 10.8. The van der Waals surface area contributed by atoms with Crippen molar-refractivity contribution in [2.75, 3.05) is 6.54 Å². The van der Waals surface area contributed by atoms with Crippen molar-refractivity contribution >= 4 is 5.91 Å². The molecule has 0 atom stereocenters. The fraction of sp³-hybridized carbons (Fsp3) is 0.571. The van der Waals surface area contributed by atoms with Gasteiger partial charge in [0.05, 0.1) is 0 Å². The van der Waals surface area contributed by atoms with Crippen LogP contribution in [0.2, 0.25) is 0 Å². The quantitative estimate of drug-likeness (QED) is 0.710. The highest BCUT2D eigenvalue weighted by atomic mass is 16.1. The second kappa shape index (κ2) is 8.97. The van der Waals surface area contributed by atoms with E-state index in [-0.39, 0.29) is 5.91 Å². The maximum Gasteiger partial charge on any atom is 0.220 e. The number of hydrogen-bond donors (Lipinski definition) is 1. The zero-order chi connectivity index (χ0) is 18.4. The van der Waals surface area contributed by atoms with Gasteiger partial charge in [-0.1, -0.05) is 44.2 Å². The Bertz CT molecular complexity index is 704. The van der Waals surface area contributed by atoms with Crippen LogP contribution in [0.15, 0.2) is 30.3 Å². The molecular formula is C21H30N4O. The van der Waals surface area contributed by atoms with Crippen molar-refractivity contribution in [2.45, 2.75) is 64.8 Å². The van der Waals surface area contributed by atoms with Gasteiger partial charge in [-0.25, -0.2) is 0 Å². The summed E-state index contributed by atoms with van der Waals surface area (Å²) in [5, 5.41) is 11.8. The van der Waals surface area contributed by atoms with Gasteiger partial charge in [0, 0.05) is 31.8 Å². The molecule has 5 nitrogen and oxygen atoms in total. The van der Waals surface area contributed by atoms with Crippen LogP contribution in [0.1, 0.15) is 62.8 Å². The van der Waals surface area contributed by atoms with E-state index in [0.29, 0.717) is 31.3 Å². The molecule has 1 saturated carbocycles. The van der Waals surface area contributed by atoms with Gasteiger partial charge in [-0.05, 0) is 37.2 Å². The van der Waals surface area contributed by atoms with E-state index < -0.39 is 0 Å². The summed E-state index contributed by atoms with van der Waals surface area (Å²) in [5.74, 6) is 2.83. The molecule has 1 heterocycles. The van der Waals surface area contributed by atoms with E-state index >= 15 is 0 Å². The van der Waals surface area contributed by atoms with Crippen molar-refractivity contribution in [3.63, 3.8) is 0 Å². The first-order chi connectivity index (χ1) is 12.6. The minimum atomic E-state index is 0.0926. The van der Waals surface area contributed by atoms with Gasteiger partial charge in [-0.15, -0.1) is 10.2 Å². The van der Waals surface area contributed by atoms with Gasteiger partial charge in [0.2, 0.25) is 5.91 Å². The van der Waals surface area contributed by atoms with E-state index in [1.165, 1.54) is 18.4 Å². The zero-order valence-electron chi connectivity index (χ0n) is 15.9. The Morgan fingerprint density at radius 1 is 1.12 bits per heavy atom. The smallest absolute Gasteiger partial charge is 0.220 e. The van der Waals surface area contributed by atoms with Crippen molar-refractivity contribution in [3.8, 4) is 0 Å². The summed E-state index contributed by atoms with van der Waals surface area (Å²) in [6.45, 7) is 5.15. The molecule has 0 aliphatic heterocycles. The lowest BCUT2D eigenvalue weighted by atomic mass is 10.1. The van der Waals surface area contributed by atoms with Crippen LogP contribution >= 0.6 is 0 Å². The zero-order valence-corrected chi connectivity index (χ0v) is 15.9. The summed E-state index contributed by atoms with van der Waals surface area (Å²) >= 11 is 0. The Balaban J connectivity index is 1.47. The molecule has 1 aliphatic rings. The number of benzene rings is 1. The molecule has 2 aromatic rings. The Morgan fingerprint density at radius 3 is 2.46 bits per heavy atom. The summed E-state index contributed by atoms with van der Waals surface area (Å²) < 4.78 is 2.31. The Kier molecular flexibility index (Phi) is 6.42. The third-order valence-electron chi connectivity index (χ3n) is 4.85. The number of nitrogens with zero attached hydrogens (tertiary/aromatic N) is 3. The predicted molar refractivity (Wildman–Crippen MR) is 103 cm³/mol. The number of amides is 1. The van der Waals surface area contributed by atoms with Crippen molar-refractivity contribution in [1.82, 2.24) is 20.1 Å². The normalized spacial score (nSPS) is 14.0. The average Bonchev–Trinajstić information content (AvgIpc) is 3.39. The highest BCUT2D eigenvalue weighted by Gasteiger charge is 2.29. The molecule has 1 aromatic heterocycles. The van der Waals surface area contributed by atoms with E-state index in [1.807, 2.05) is 18.2 Å². The number of aryl methyl sites for hydroxylation is 2. The first-order valence-corrected chi connectivity index (χ1v) is 9.86. The third-order valence-corrected chi connectivity index (χ3v) is 4.85. The van der Waals surface area contributed by atoms with Gasteiger partial charge < -0.3 is 9.88 Å². The number of hydrogen-bond acceptors (Lipinski definition) is 3. The minimum absolute atomic E-state index is 0.0926. The lowest BCUT2D eigenvalue weighted by molar-refractivity contribution is -0.121. The maximum absolute atomic E-state index is 12.2. The third kappa shape index (κ3) is 5.41. The topological polar surface area (TPSA) is 59.8 Å². The molecule has 0 unspecified atom stereocenters. The molecule has 3 rings (SSSR count). The van der Waals surface area contributed by atoms with Gasteiger partial charge in [0.25, 0.3) is 0 Å². The molecule has 5 heteroatoms. The van der Waals surface area contributed by atoms with Crippen LogP contribution < -0.4 is 5.32 Å². The van der Waals surface area contributed by atoms with Crippen LogP contribution in [0, 0.1) is 5.92 Å². The lowest BCUT2D eigenvalue weighted by Gasteiger charge is -2.10. The molecule has 1 fully saturated rings. The Labute approximate surface area is 156 Å². The highest BCUT2D eigenvalue weighted by molar-refractivity contribution is 5.76. The van der Waals surface area contributed by atoms with Gasteiger partial charge in [-0.3, -0.25) is 4.79 Å². The van der Waals surface area contributed by atoms with Crippen molar-refractivity contribution in [1.29, 1.82) is 0 Å². The van der Waals surface area contributed by atoms with Crippen molar-refractivity contribution in [3.05, 3.63) is 47.5 Å². The summed E-state index contributed by atoms with van der Waals surface area (Å²) in [7, 11) is 0. The van der Waals surface area contributed by atoms with Gasteiger partial charge in [-0.2, -0.15) is 0 Å². The van der Waals surface area contributed by atoms with Crippen LogP contribution in [0.4, 0.5) is 0 Å². The van der Waals surface area contributed by atoms with Crippen LogP contribution in [0.5, 0.6) is 0 Å². The standard InChI is InChI=1S/C21H30N4O/c1-16(2)8-11-19-23-24-20(25(19)18-9-10-18)12-13-21(26)22-15-14-17-6-4-3-5-7-17/h3-7,16,18H,8-15H2,1-2H3,(H,22,26). The average molecular weight is 354 g/mol. The summed E-state index contributed by atoms with van der Waals surface area (Å²) in [6.07, 6.45) is 6.54. The van der Waals surface area contributed by atoms with E-state index in [9.17, 15) is 4.79 Å². The monoisotopic (exact) mass is 354 g/mol. The SMILES string of the molecule is CC(C)CCc1nnc(CCC(=O)NCCc2ccccc2)n1C1CC1. The Morgan fingerprint density at radius 2 is 1.81 bits per heavy atom. The molecule has 1 aromatic carbocycles. The first-order valence-electron chi connectivity index (χ1n) is 9.86. The molecule has 1 amide bonds. The number of aromatic nitrogens is 3. The molecule has 26 heavy (non-hydrogen) atoms.